The molecule has 6 nitrogen and oxygen atoms in total. The second-order valence-corrected chi connectivity index (χ2v) is 8.86. The lowest BCUT2D eigenvalue weighted by Gasteiger charge is -2.34. The largest absolute Gasteiger partial charge is 0.339 e. The van der Waals surface area contributed by atoms with Crippen LogP contribution in [0, 0.1) is 0 Å². The van der Waals surface area contributed by atoms with Gasteiger partial charge in [0.05, 0.1) is 5.75 Å². The lowest BCUT2D eigenvalue weighted by atomic mass is 10.3. The molecule has 1 aliphatic carbocycles. The highest BCUT2D eigenvalue weighted by Crippen LogP contribution is 2.40. The van der Waals surface area contributed by atoms with Gasteiger partial charge in [-0.15, -0.1) is 21.5 Å². The number of thioether (sulfide) groups is 1. The second kappa shape index (κ2) is 8.10. The van der Waals surface area contributed by atoms with E-state index in [4.69, 9.17) is 0 Å². The Bertz CT molecular complexity index is 733. The van der Waals surface area contributed by atoms with Crippen molar-refractivity contribution in [3.8, 4) is 0 Å². The SMILES string of the molecule is CCn1c(SCC(=O)N2CCN(Cc3cccs3)CC2)nnc1C1CC1. The highest BCUT2D eigenvalue weighted by atomic mass is 32.2. The molecule has 0 radical (unpaired) electrons. The number of hydrogen-bond donors (Lipinski definition) is 0. The summed E-state index contributed by atoms with van der Waals surface area (Å²) in [4.78, 5) is 18.4. The first-order valence-electron chi connectivity index (χ1n) is 9.33. The molecule has 8 heteroatoms. The molecule has 1 aliphatic heterocycles. The summed E-state index contributed by atoms with van der Waals surface area (Å²) < 4.78 is 2.18. The van der Waals surface area contributed by atoms with Crippen LogP contribution in [-0.4, -0.2) is 62.4 Å². The molecule has 2 aromatic heterocycles. The van der Waals surface area contributed by atoms with Crippen LogP contribution in [0.15, 0.2) is 22.7 Å². The van der Waals surface area contributed by atoms with Gasteiger partial charge in [-0.05, 0) is 31.2 Å². The minimum atomic E-state index is 0.212. The van der Waals surface area contributed by atoms with Gasteiger partial charge in [-0.2, -0.15) is 0 Å². The summed E-state index contributed by atoms with van der Waals surface area (Å²) in [5.41, 5.74) is 0. The zero-order chi connectivity index (χ0) is 17.9. The monoisotopic (exact) mass is 391 g/mol. The fourth-order valence-corrected chi connectivity index (χ4v) is 5.00. The van der Waals surface area contributed by atoms with Gasteiger partial charge < -0.3 is 9.47 Å². The minimum Gasteiger partial charge on any atom is -0.339 e. The maximum atomic E-state index is 12.6. The number of thiophene rings is 1. The van der Waals surface area contributed by atoms with Gasteiger partial charge in [0.2, 0.25) is 5.91 Å². The molecule has 0 atom stereocenters. The Labute approximate surface area is 162 Å². The molecule has 0 N–H and O–H groups in total. The van der Waals surface area contributed by atoms with Gasteiger partial charge in [-0.25, -0.2) is 0 Å². The van der Waals surface area contributed by atoms with Crippen molar-refractivity contribution in [3.63, 3.8) is 0 Å². The molecule has 0 spiro atoms. The third-order valence-electron chi connectivity index (χ3n) is 5.01. The Morgan fingerprint density at radius 3 is 2.73 bits per heavy atom. The summed E-state index contributed by atoms with van der Waals surface area (Å²) in [7, 11) is 0. The van der Waals surface area contributed by atoms with Gasteiger partial charge in [0.25, 0.3) is 0 Å². The smallest absolute Gasteiger partial charge is 0.233 e. The van der Waals surface area contributed by atoms with E-state index in [1.165, 1.54) is 29.5 Å². The van der Waals surface area contributed by atoms with E-state index in [1.807, 2.05) is 4.90 Å². The number of amides is 1. The van der Waals surface area contributed by atoms with Crippen LogP contribution < -0.4 is 0 Å². The summed E-state index contributed by atoms with van der Waals surface area (Å²) in [6, 6.07) is 4.28. The van der Waals surface area contributed by atoms with E-state index in [1.54, 1.807) is 11.3 Å². The first-order valence-corrected chi connectivity index (χ1v) is 11.2. The molecular weight excluding hydrogens is 366 g/mol. The molecule has 1 amide bonds. The topological polar surface area (TPSA) is 54.3 Å². The maximum absolute atomic E-state index is 12.6. The standard InChI is InChI=1S/C18H25N5OS2/c1-2-23-17(14-5-6-14)19-20-18(23)26-13-16(24)22-9-7-21(8-10-22)12-15-4-3-11-25-15/h3-4,11,14H,2,5-10,12-13H2,1H3. The van der Waals surface area contributed by atoms with E-state index in [0.29, 0.717) is 11.7 Å². The lowest BCUT2D eigenvalue weighted by Crippen LogP contribution is -2.48. The van der Waals surface area contributed by atoms with Crippen molar-refractivity contribution < 1.29 is 4.79 Å². The third kappa shape index (κ3) is 4.13. The molecule has 4 rings (SSSR count). The van der Waals surface area contributed by atoms with Crippen LogP contribution in [0.25, 0.3) is 0 Å². The number of aromatic nitrogens is 3. The van der Waals surface area contributed by atoms with Crippen molar-refractivity contribution in [2.75, 3.05) is 31.9 Å². The number of piperazine rings is 1. The number of rotatable bonds is 7. The Kier molecular flexibility index (Phi) is 5.61. The first-order chi connectivity index (χ1) is 12.7. The van der Waals surface area contributed by atoms with Crippen molar-refractivity contribution in [1.29, 1.82) is 0 Å². The van der Waals surface area contributed by atoms with Crippen molar-refractivity contribution >= 4 is 29.0 Å². The van der Waals surface area contributed by atoms with Crippen molar-refractivity contribution in [1.82, 2.24) is 24.6 Å². The fraction of sp³-hybridized carbons (Fsp3) is 0.611. The molecule has 0 unspecified atom stereocenters. The van der Waals surface area contributed by atoms with Gasteiger partial charge in [0, 0.05) is 50.1 Å². The molecule has 26 heavy (non-hydrogen) atoms. The van der Waals surface area contributed by atoms with E-state index in [9.17, 15) is 4.79 Å². The van der Waals surface area contributed by atoms with E-state index < -0.39 is 0 Å². The summed E-state index contributed by atoms with van der Waals surface area (Å²) in [5, 5.41) is 11.7. The van der Waals surface area contributed by atoms with Crippen LogP contribution in [0.4, 0.5) is 0 Å². The molecule has 1 saturated carbocycles. The number of carbonyl (C=O) groups is 1. The van der Waals surface area contributed by atoms with E-state index in [-0.39, 0.29) is 5.91 Å². The van der Waals surface area contributed by atoms with Gasteiger partial charge in [-0.3, -0.25) is 9.69 Å². The quantitative estimate of drug-likeness (QED) is 0.679. The number of hydrogen-bond acceptors (Lipinski definition) is 6. The van der Waals surface area contributed by atoms with E-state index in [0.717, 1.165) is 50.2 Å². The molecular formula is C18H25N5OS2. The number of carbonyl (C=O) groups excluding carboxylic acids is 1. The van der Waals surface area contributed by atoms with Gasteiger partial charge in [0.15, 0.2) is 5.16 Å². The summed E-state index contributed by atoms with van der Waals surface area (Å²) in [6.45, 7) is 7.52. The van der Waals surface area contributed by atoms with Crippen LogP contribution in [0.5, 0.6) is 0 Å². The fourth-order valence-electron chi connectivity index (χ4n) is 3.34. The second-order valence-electron chi connectivity index (χ2n) is 6.88. The zero-order valence-corrected chi connectivity index (χ0v) is 16.8. The van der Waals surface area contributed by atoms with Crippen LogP contribution in [0.3, 0.4) is 0 Å². The molecule has 2 aliphatic rings. The van der Waals surface area contributed by atoms with Crippen LogP contribution in [-0.2, 0) is 17.9 Å². The summed E-state index contributed by atoms with van der Waals surface area (Å²) in [6.07, 6.45) is 2.44. The predicted molar refractivity (Wildman–Crippen MR) is 105 cm³/mol. The van der Waals surface area contributed by atoms with Crippen molar-refractivity contribution in [2.45, 2.75) is 43.9 Å². The Morgan fingerprint density at radius 2 is 2.08 bits per heavy atom. The minimum absolute atomic E-state index is 0.212. The first kappa shape index (κ1) is 18.0. The van der Waals surface area contributed by atoms with E-state index >= 15 is 0 Å². The van der Waals surface area contributed by atoms with Gasteiger partial charge in [-0.1, -0.05) is 17.8 Å². The van der Waals surface area contributed by atoms with Gasteiger partial charge in [0.1, 0.15) is 5.82 Å². The van der Waals surface area contributed by atoms with Crippen LogP contribution >= 0.6 is 23.1 Å². The van der Waals surface area contributed by atoms with Gasteiger partial charge >= 0.3 is 0 Å². The molecule has 3 heterocycles. The molecule has 2 fully saturated rings. The molecule has 0 aromatic carbocycles. The normalized spacial score (nSPS) is 18.4. The average Bonchev–Trinajstić information content (AvgIpc) is 3.22. The molecule has 2 aromatic rings. The summed E-state index contributed by atoms with van der Waals surface area (Å²) >= 11 is 3.33. The molecule has 1 saturated heterocycles. The molecule has 0 bridgehead atoms. The highest BCUT2D eigenvalue weighted by molar-refractivity contribution is 7.99. The Hall–Kier alpha value is -1.38. The van der Waals surface area contributed by atoms with Crippen LogP contribution in [0.1, 0.15) is 36.4 Å². The Balaban J connectivity index is 1.25. The van der Waals surface area contributed by atoms with Crippen molar-refractivity contribution in [3.05, 3.63) is 28.2 Å². The highest BCUT2D eigenvalue weighted by Gasteiger charge is 2.30. The predicted octanol–water partition coefficient (Wildman–Crippen LogP) is 2.67. The third-order valence-corrected chi connectivity index (χ3v) is 6.83. The maximum Gasteiger partial charge on any atom is 0.233 e. The summed E-state index contributed by atoms with van der Waals surface area (Å²) in [5.74, 6) is 2.35. The Morgan fingerprint density at radius 1 is 1.27 bits per heavy atom. The van der Waals surface area contributed by atoms with Crippen molar-refractivity contribution in [2.24, 2.45) is 0 Å². The molecule has 140 valence electrons. The number of nitrogens with zero attached hydrogens (tertiary/aromatic N) is 5. The average molecular weight is 392 g/mol. The zero-order valence-electron chi connectivity index (χ0n) is 15.1. The lowest BCUT2D eigenvalue weighted by molar-refractivity contribution is -0.130. The van der Waals surface area contributed by atoms with E-state index in [2.05, 4.69) is 44.1 Å². The van der Waals surface area contributed by atoms with Crippen LogP contribution in [0.2, 0.25) is 0 Å².